The van der Waals surface area contributed by atoms with E-state index in [1.165, 1.54) is 6.20 Å². The molecule has 1 rings (SSSR count). The number of aromatic nitrogens is 1. The topological polar surface area (TPSA) is 53.4 Å². The van der Waals surface area contributed by atoms with Crippen LogP contribution in [-0.2, 0) is 0 Å². The number of carboxylic acids is 1. The van der Waals surface area contributed by atoms with Gasteiger partial charge >= 0.3 is 5.97 Å². The Labute approximate surface area is 88.9 Å². The normalized spacial score (nSPS) is 9.73. The van der Waals surface area contributed by atoms with E-state index in [9.17, 15) is 4.79 Å². The SMILES string of the molecule is C=C(C)CN(C)c1cccnc1C(=O)O. The van der Waals surface area contributed by atoms with Crippen LogP contribution >= 0.6 is 0 Å². The molecule has 1 aromatic rings. The van der Waals surface area contributed by atoms with E-state index < -0.39 is 5.97 Å². The molecule has 0 saturated carbocycles. The van der Waals surface area contributed by atoms with Gasteiger partial charge in [0.2, 0.25) is 0 Å². The summed E-state index contributed by atoms with van der Waals surface area (Å²) in [6, 6.07) is 3.45. The molecule has 4 heteroatoms. The minimum absolute atomic E-state index is 0.0706. The highest BCUT2D eigenvalue weighted by molar-refractivity contribution is 5.92. The fourth-order valence-corrected chi connectivity index (χ4v) is 1.36. The number of hydrogen-bond donors (Lipinski definition) is 1. The molecule has 0 aliphatic heterocycles. The Balaban J connectivity index is 3.02. The van der Waals surface area contributed by atoms with Crippen LogP contribution in [0.15, 0.2) is 30.5 Å². The number of pyridine rings is 1. The Morgan fingerprint density at radius 2 is 2.33 bits per heavy atom. The Hall–Kier alpha value is -1.84. The zero-order chi connectivity index (χ0) is 11.4. The monoisotopic (exact) mass is 206 g/mol. The van der Waals surface area contributed by atoms with Crippen molar-refractivity contribution in [3.05, 3.63) is 36.2 Å². The van der Waals surface area contributed by atoms with E-state index in [1.54, 1.807) is 12.1 Å². The third kappa shape index (κ3) is 2.80. The Bertz CT molecular complexity index is 388. The molecule has 1 aromatic heterocycles. The van der Waals surface area contributed by atoms with Crippen LogP contribution in [0.2, 0.25) is 0 Å². The molecule has 0 aliphatic rings. The van der Waals surface area contributed by atoms with Crippen LogP contribution in [0.3, 0.4) is 0 Å². The first-order valence-electron chi connectivity index (χ1n) is 4.56. The third-order valence-electron chi connectivity index (χ3n) is 1.91. The van der Waals surface area contributed by atoms with Gasteiger partial charge in [0.1, 0.15) is 0 Å². The molecule has 0 bridgehead atoms. The highest BCUT2D eigenvalue weighted by Crippen LogP contribution is 2.17. The molecule has 80 valence electrons. The van der Waals surface area contributed by atoms with Gasteiger partial charge in [-0.25, -0.2) is 9.78 Å². The second kappa shape index (κ2) is 4.59. The van der Waals surface area contributed by atoms with E-state index in [4.69, 9.17) is 5.11 Å². The minimum Gasteiger partial charge on any atom is -0.476 e. The van der Waals surface area contributed by atoms with Crippen molar-refractivity contribution in [2.45, 2.75) is 6.92 Å². The maximum atomic E-state index is 10.9. The molecule has 0 unspecified atom stereocenters. The van der Waals surface area contributed by atoms with Gasteiger partial charge in [-0.3, -0.25) is 0 Å². The van der Waals surface area contributed by atoms with Crippen LogP contribution < -0.4 is 4.90 Å². The van der Waals surface area contributed by atoms with E-state index >= 15 is 0 Å². The predicted molar refractivity (Wildman–Crippen MR) is 59.3 cm³/mol. The van der Waals surface area contributed by atoms with Gasteiger partial charge < -0.3 is 10.0 Å². The number of likely N-dealkylation sites (N-methyl/N-ethyl adjacent to an activating group) is 1. The van der Waals surface area contributed by atoms with E-state index in [0.717, 1.165) is 5.57 Å². The first-order chi connectivity index (χ1) is 7.02. The number of carboxylic acid groups (broad SMARTS) is 1. The van der Waals surface area contributed by atoms with Crippen molar-refractivity contribution < 1.29 is 9.90 Å². The lowest BCUT2D eigenvalue weighted by Crippen LogP contribution is -2.22. The standard InChI is InChI=1S/C11H14N2O2/c1-8(2)7-13(3)9-5-4-6-12-10(9)11(14)15/h4-6H,1,7H2,2-3H3,(H,14,15). The summed E-state index contributed by atoms with van der Waals surface area (Å²) in [7, 11) is 1.82. The highest BCUT2D eigenvalue weighted by atomic mass is 16.4. The van der Waals surface area contributed by atoms with E-state index in [1.807, 2.05) is 18.9 Å². The summed E-state index contributed by atoms with van der Waals surface area (Å²) < 4.78 is 0. The first-order valence-corrected chi connectivity index (χ1v) is 4.56. The number of carbonyl (C=O) groups is 1. The summed E-state index contributed by atoms with van der Waals surface area (Å²) in [5.41, 5.74) is 1.65. The second-order valence-electron chi connectivity index (χ2n) is 3.49. The lowest BCUT2D eigenvalue weighted by molar-refractivity contribution is 0.0691. The van der Waals surface area contributed by atoms with Crippen LogP contribution in [0.4, 0.5) is 5.69 Å². The molecule has 0 aliphatic carbocycles. The van der Waals surface area contributed by atoms with Crippen molar-refractivity contribution in [3.8, 4) is 0 Å². The average Bonchev–Trinajstić information content (AvgIpc) is 2.16. The number of anilines is 1. The van der Waals surface area contributed by atoms with Gasteiger partial charge in [0.05, 0.1) is 5.69 Å². The molecule has 0 atom stereocenters. The molecule has 0 fully saturated rings. The van der Waals surface area contributed by atoms with Gasteiger partial charge in [0.15, 0.2) is 5.69 Å². The fraction of sp³-hybridized carbons (Fsp3) is 0.273. The van der Waals surface area contributed by atoms with Gasteiger partial charge in [0, 0.05) is 19.8 Å². The Morgan fingerprint density at radius 1 is 1.67 bits per heavy atom. The van der Waals surface area contributed by atoms with Crippen LogP contribution in [0.25, 0.3) is 0 Å². The van der Waals surface area contributed by atoms with Gasteiger partial charge in [-0.2, -0.15) is 0 Å². The summed E-state index contributed by atoms with van der Waals surface area (Å²) in [6.45, 7) is 6.30. The number of aromatic carboxylic acids is 1. The average molecular weight is 206 g/mol. The van der Waals surface area contributed by atoms with Crippen LogP contribution in [0.5, 0.6) is 0 Å². The zero-order valence-electron chi connectivity index (χ0n) is 8.90. The highest BCUT2D eigenvalue weighted by Gasteiger charge is 2.13. The lowest BCUT2D eigenvalue weighted by Gasteiger charge is -2.20. The fourth-order valence-electron chi connectivity index (χ4n) is 1.36. The van der Waals surface area contributed by atoms with Crippen LogP contribution in [0.1, 0.15) is 17.4 Å². The lowest BCUT2D eigenvalue weighted by atomic mass is 10.2. The molecule has 0 amide bonds. The number of nitrogens with zero attached hydrogens (tertiary/aromatic N) is 2. The van der Waals surface area contributed by atoms with Gasteiger partial charge in [-0.15, -0.1) is 0 Å². The largest absolute Gasteiger partial charge is 0.476 e. The zero-order valence-corrected chi connectivity index (χ0v) is 8.90. The van der Waals surface area contributed by atoms with Gasteiger partial charge in [-0.05, 0) is 19.1 Å². The molecule has 0 saturated heterocycles. The third-order valence-corrected chi connectivity index (χ3v) is 1.91. The second-order valence-corrected chi connectivity index (χ2v) is 3.49. The van der Waals surface area contributed by atoms with E-state index in [2.05, 4.69) is 11.6 Å². The van der Waals surface area contributed by atoms with Crippen molar-refractivity contribution in [1.29, 1.82) is 0 Å². The van der Waals surface area contributed by atoms with Crippen molar-refractivity contribution in [2.75, 3.05) is 18.5 Å². The summed E-state index contributed by atoms with van der Waals surface area (Å²) in [6.07, 6.45) is 1.47. The van der Waals surface area contributed by atoms with Crippen molar-refractivity contribution in [2.24, 2.45) is 0 Å². The van der Waals surface area contributed by atoms with Gasteiger partial charge in [0.25, 0.3) is 0 Å². The maximum absolute atomic E-state index is 10.9. The summed E-state index contributed by atoms with van der Waals surface area (Å²) in [4.78, 5) is 16.6. The first kappa shape index (κ1) is 11.2. The smallest absolute Gasteiger partial charge is 0.356 e. The Kier molecular flexibility index (Phi) is 3.44. The van der Waals surface area contributed by atoms with Gasteiger partial charge in [-0.1, -0.05) is 12.2 Å². The summed E-state index contributed by atoms with van der Waals surface area (Å²) in [5, 5.41) is 8.94. The van der Waals surface area contributed by atoms with Crippen molar-refractivity contribution in [1.82, 2.24) is 4.98 Å². The quantitative estimate of drug-likeness (QED) is 0.763. The molecule has 1 N–H and O–H groups in total. The minimum atomic E-state index is -1.01. The molecular formula is C11H14N2O2. The molecule has 4 nitrogen and oxygen atoms in total. The van der Waals surface area contributed by atoms with E-state index in [-0.39, 0.29) is 5.69 Å². The molecule has 0 spiro atoms. The molecular weight excluding hydrogens is 192 g/mol. The van der Waals surface area contributed by atoms with Crippen molar-refractivity contribution in [3.63, 3.8) is 0 Å². The van der Waals surface area contributed by atoms with Crippen LogP contribution in [-0.4, -0.2) is 29.7 Å². The molecule has 0 radical (unpaired) electrons. The summed E-state index contributed by atoms with van der Waals surface area (Å²) in [5.74, 6) is -1.01. The van der Waals surface area contributed by atoms with Crippen LogP contribution in [0, 0.1) is 0 Å². The molecule has 0 aromatic carbocycles. The van der Waals surface area contributed by atoms with Crippen molar-refractivity contribution >= 4 is 11.7 Å². The Morgan fingerprint density at radius 3 is 2.87 bits per heavy atom. The maximum Gasteiger partial charge on any atom is 0.356 e. The molecule has 1 heterocycles. The molecule has 15 heavy (non-hydrogen) atoms. The van der Waals surface area contributed by atoms with E-state index in [0.29, 0.717) is 12.2 Å². The number of rotatable bonds is 4. The number of hydrogen-bond acceptors (Lipinski definition) is 3. The summed E-state index contributed by atoms with van der Waals surface area (Å²) >= 11 is 0. The predicted octanol–water partition coefficient (Wildman–Crippen LogP) is 1.79.